The third kappa shape index (κ3) is 4.94. The molecule has 0 radical (unpaired) electrons. The molecule has 122 valence electrons. The van der Waals surface area contributed by atoms with Crippen molar-refractivity contribution >= 4 is 11.9 Å². The van der Waals surface area contributed by atoms with Gasteiger partial charge in [-0.25, -0.2) is 4.79 Å². The SMILES string of the molecule is COC(C)(C)CCOC(C)(C)C(=O)ON1C(=O)CCC1O. The van der Waals surface area contributed by atoms with Gasteiger partial charge < -0.3 is 19.4 Å². The zero-order valence-corrected chi connectivity index (χ0v) is 13.3. The van der Waals surface area contributed by atoms with Crippen LogP contribution in [0.5, 0.6) is 0 Å². The lowest BCUT2D eigenvalue weighted by Crippen LogP contribution is -2.44. The molecule has 1 atom stereocenters. The highest BCUT2D eigenvalue weighted by molar-refractivity contribution is 5.82. The van der Waals surface area contributed by atoms with Gasteiger partial charge in [-0.15, -0.1) is 5.06 Å². The Bertz CT molecular complexity index is 393. The number of hydrogen-bond donors (Lipinski definition) is 1. The quantitative estimate of drug-likeness (QED) is 0.755. The first-order chi connectivity index (χ1) is 9.59. The molecule has 1 amide bonds. The maximum atomic E-state index is 12.1. The molecule has 0 aromatic heterocycles. The third-order valence-corrected chi connectivity index (χ3v) is 3.53. The van der Waals surface area contributed by atoms with Gasteiger partial charge in [-0.3, -0.25) is 4.79 Å². The number of ether oxygens (including phenoxy) is 2. The molecule has 7 heteroatoms. The minimum absolute atomic E-state index is 0.164. The first-order valence-corrected chi connectivity index (χ1v) is 7.01. The molecule has 21 heavy (non-hydrogen) atoms. The van der Waals surface area contributed by atoms with Crippen molar-refractivity contribution in [2.24, 2.45) is 0 Å². The summed E-state index contributed by atoms with van der Waals surface area (Å²) in [4.78, 5) is 28.5. The molecule has 0 aliphatic carbocycles. The topological polar surface area (TPSA) is 85.3 Å². The summed E-state index contributed by atoms with van der Waals surface area (Å²) in [5, 5.41) is 10.3. The van der Waals surface area contributed by atoms with Crippen molar-refractivity contribution in [1.29, 1.82) is 0 Å². The van der Waals surface area contributed by atoms with Crippen molar-refractivity contribution in [2.75, 3.05) is 13.7 Å². The van der Waals surface area contributed by atoms with E-state index in [4.69, 9.17) is 14.3 Å². The number of hydroxylamine groups is 2. The third-order valence-electron chi connectivity index (χ3n) is 3.53. The van der Waals surface area contributed by atoms with E-state index in [0.717, 1.165) is 0 Å². The van der Waals surface area contributed by atoms with E-state index >= 15 is 0 Å². The zero-order valence-electron chi connectivity index (χ0n) is 13.3. The predicted octanol–water partition coefficient (Wildman–Crippen LogP) is 0.996. The second-order valence-corrected chi connectivity index (χ2v) is 6.19. The lowest BCUT2D eigenvalue weighted by molar-refractivity contribution is -0.235. The van der Waals surface area contributed by atoms with Gasteiger partial charge in [-0.2, -0.15) is 0 Å². The summed E-state index contributed by atoms with van der Waals surface area (Å²) in [5.74, 6) is -1.13. The lowest BCUT2D eigenvalue weighted by atomic mass is 10.1. The summed E-state index contributed by atoms with van der Waals surface area (Å²) in [6.07, 6.45) is -0.0525. The molecule has 1 saturated heterocycles. The second kappa shape index (κ2) is 6.72. The minimum atomic E-state index is -1.22. The second-order valence-electron chi connectivity index (χ2n) is 6.19. The van der Waals surface area contributed by atoms with Crippen LogP contribution in [0, 0.1) is 0 Å². The van der Waals surface area contributed by atoms with E-state index in [2.05, 4.69) is 0 Å². The maximum absolute atomic E-state index is 12.1. The van der Waals surface area contributed by atoms with Gasteiger partial charge in [-0.1, -0.05) is 0 Å². The molecule has 0 saturated carbocycles. The fourth-order valence-electron chi connectivity index (χ4n) is 1.67. The smallest absolute Gasteiger partial charge is 0.363 e. The molecule has 0 aromatic carbocycles. The number of amides is 1. The number of nitrogens with zero attached hydrogens (tertiary/aromatic N) is 1. The minimum Gasteiger partial charge on any atom is -0.379 e. The molecular weight excluding hydrogens is 278 g/mol. The molecule has 7 nitrogen and oxygen atoms in total. The van der Waals surface area contributed by atoms with Crippen LogP contribution in [-0.2, 0) is 23.9 Å². The molecule has 0 bridgehead atoms. The molecule has 1 N–H and O–H groups in total. The van der Waals surface area contributed by atoms with E-state index < -0.39 is 23.7 Å². The number of carbonyl (C=O) groups excluding carboxylic acids is 2. The van der Waals surface area contributed by atoms with E-state index in [1.165, 1.54) is 0 Å². The van der Waals surface area contributed by atoms with Crippen molar-refractivity contribution < 1.29 is 29.0 Å². The zero-order chi connectivity index (χ0) is 16.3. The largest absolute Gasteiger partial charge is 0.379 e. The van der Waals surface area contributed by atoms with Crippen molar-refractivity contribution in [3.8, 4) is 0 Å². The van der Waals surface area contributed by atoms with Crippen LogP contribution in [0.4, 0.5) is 0 Å². The molecule has 1 aliphatic rings. The first-order valence-electron chi connectivity index (χ1n) is 7.01. The Kier molecular flexibility index (Phi) is 5.72. The average molecular weight is 303 g/mol. The highest BCUT2D eigenvalue weighted by Gasteiger charge is 2.38. The highest BCUT2D eigenvalue weighted by Crippen LogP contribution is 2.21. The van der Waals surface area contributed by atoms with E-state index in [9.17, 15) is 14.7 Å². The summed E-state index contributed by atoms with van der Waals surface area (Å²) in [5.41, 5.74) is -1.56. The molecule has 1 unspecified atom stereocenters. The average Bonchev–Trinajstić information content (AvgIpc) is 2.70. The summed E-state index contributed by atoms with van der Waals surface area (Å²) >= 11 is 0. The molecule has 1 aliphatic heterocycles. The van der Waals surface area contributed by atoms with Crippen LogP contribution in [0.15, 0.2) is 0 Å². The number of aliphatic hydroxyl groups excluding tert-OH is 1. The number of rotatable bonds is 7. The standard InChI is InChI=1S/C14H25NO6/c1-13(2,19-5)8-9-20-14(3,4)12(18)21-15-10(16)6-7-11(15)17/h10,16H,6-9H2,1-5H3. The number of hydrogen-bond acceptors (Lipinski definition) is 6. The summed E-state index contributed by atoms with van der Waals surface area (Å²) in [7, 11) is 1.61. The molecule has 0 aromatic rings. The van der Waals surface area contributed by atoms with Crippen molar-refractivity contribution in [3.63, 3.8) is 0 Å². The Balaban J connectivity index is 2.49. The normalized spacial score (nSPS) is 20.0. The van der Waals surface area contributed by atoms with Crippen LogP contribution in [0.25, 0.3) is 0 Å². The van der Waals surface area contributed by atoms with Gasteiger partial charge in [0.05, 0.1) is 12.2 Å². The van der Waals surface area contributed by atoms with Gasteiger partial charge in [0, 0.05) is 20.0 Å². The number of aliphatic hydroxyl groups is 1. The Labute approximate surface area is 125 Å². The van der Waals surface area contributed by atoms with Gasteiger partial charge >= 0.3 is 5.97 Å². The van der Waals surface area contributed by atoms with Crippen LogP contribution in [-0.4, -0.2) is 53.2 Å². The van der Waals surface area contributed by atoms with E-state index in [1.54, 1.807) is 21.0 Å². The van der Waals surface area contributed by atoms with E-state index in [-0.39, 0.29) is 18.4 Å². The molecule has 1 fully saturated rings. The van der Waals surface area contributed by atoms with Crippen LogP contribution in [0.3, 0.4) is 0 Å². The highest BCUT2D eigenvalue weighted by atomic mass is 16.7. The fraction of sp³-hybridized carbons (Fsp3) is 0.857. The number of carbonyl (C=O) groups is 2. The van der Waals surface area contributed by atoms with E-state index in [0.29, 0.717) is 18.1 Å². The molecule has 1 heterocycles. The van der Waals surface area contributed by atoms with Gasteiger partial charge in [-0.05, 0) is 34.1 Å². The first kappa shape index (κ1) is 17.9. The molecule has 1 rings (SSSR count). The van der Waals surface area contributed by atoms with Crippen LogP contribution in [0.2, 0.25) is 0 Å². The van der Waals surface area contributed by atoms with E-state index in [1.807, 2.05) is 13.8 Å². The summed E-state index contributed by atoms with van der Waals surface area (Å²) in [6, 6.07) is 0. The molecule has 0 spiro atoms. The van der Waals surface area contributed by atoms with Gasteiger partial charge in [0.2, 0.25) is 0 Å². The van der Waals surface area contributed by atoms with Gasteiger partial charge in [0.1, 0.15) is 0 Å². The number of methoxy groups -OCH3 is 1. The Morgan fingerprint density at radius 1 is 1.38 bits per heavy atom. The fourth-order valence-corrected chi connectivity index (χ4v) is 1.67. The monoisotopic (exact) mass is 303 g/mol. The van der Waals surface area contributed by atoms with Crippen LogP contribution >= 0.6 is 0 Å². The van der Waals surface area contributed by atoms with Gasteiger partial charge in [0.15, 0.2) is 11.8 Å². The Hall–Kier alpha value is -1.18. The van der Waals surface area contributed by atoms with Gasteiger partial charge in [0.25, 0.3) is 5.91 Å². The predicted molar refractivity (Wildman–Crippen MR) is 73.9 cm³/mol. The van der Waals surface area contributed by atoms with Crippen LogP contribution in [0.1, 0.15) is 47.0 Å². The maximum Gasteiger partial charge on any atom is 0.363 e. The van der Waals surface area contributed by atoms with Crippen LogP contribution < -0.4 is 0 Å². The lowest BCUT2D eigenvalue weighted by Gasteiger charge is -2.29. The van der Waals surface area contributed by atoms with Crippen molar-refractivity contribution in [2.45, 2.75) is 64.4 Å². The van der Waals surface area contributed by atoms with Crippen molar-refractivity contribution in [1.82, 2.24) is 5.06 Å². The summed E-state index contributed by atoms with van der Waals surface area (Å²) < 4.78 is 10.8. The Morgan fingerprint density at radius 3 is 2.48 bits per heavy atom. The summed E-state index contributed by atoms with van der Waals surface area (Å²) in [6.45, 7) is 7.26. The molecular formula is C14H25NO6. The Morgan fingerprint density at radius 2 is 2.00 bits per heavy atom. The van der Waals surface area contributed by atoms with Crippen molar-refractivity contribution in [3.05, 3.63) is 0 Å².